The largest absolute Gasteiger partial charge is 0.340 e. The normalized spacial score (nSPS) is 15.9. The molecule has 0 spiro atoms. The molecule has 1 aliphatic rings. The highest BCUT2D eigenvalue weighted by molar-refractivity contribution is 6.09. The van der Waals surface area contributed by atoms with Gasteiger partial charge in [-0.05, 0) is 30.5 Å². The molecule has 0 aliphatic carbocycles. The third kappa shape index (κ3) is 4.20. The van der Waals surface area contributed by atoms with E-state index in [0.29, 0.717) is 12.8 Å². The summed E-state index contributed by atoms with van der Waals surface area (Å²) < 4.78 is 13.0. The Kier molecular flexibility index (Phi) is 6.34. The average Bonchev–Trinajstić information content (AvgIpc) is 2.82. The van der Waals surface area contributed by atoms with E-state index in [1.54, 1.807) is 19.2 Å². The maximum Gasteiger partial charge on any atom is 0.325 e. The first kappa shape index (κ1) is 19.9. The number of carbonyl (C=O) groups is 3. The van der Waals surface area contributed by atoms with Gasteiger partial charge in [-0.2, -0.15) is 0 Å². The third-order valence-corrected chi connectivity index (χ3v) is 4.65. The smallest absolute Gasteiger partial charge is 0.325 e. The Labute approximate surface area is 153 Å². The van der Waals surface area contributed by atoms with Crippen LogP contribution >= 0.6 is 0 Å². The Bertz CT molecular complexity index is 669. The molecular weight excluding hydrogens is 337 g/mol. The van der Waals surface area contributed by atoms with Crippen molar-refractivity contribution in [2.45, 2.75) is 51.6 Å². The Morgan fingerprint density at radius 2 is 1.73 bits per heavy atom. The number of rotatable bonds is 8. The van der Waals surface area contributed by atoms with Crippen LogP contribution in [0.25, 0.3) is 0 Å². The Morgan fingerprint density at radius 3 is 2.27 bits per heavy atom. The van der Waals surface area contributed by atoms with Crippen molar-refractivity contribution >= 4 is 17.8 Å². The lowest BCUT2D eigenvalue weighted by molar-refractivity contribution is -0.138. The SMILES string of the molecule is CCCC1(CCC)NC(=O)N(CC(=O)N(C)Cc2ccc(F)cc2)C1=O. The first-order valence-corrected chi connectivity index (χ1v) is 8.95. The van der Waals surface area contributed by atoms with Crippen molar-refractivity contribution < 1.29 is 18.8 Å². The molecule has 6 nitrogen and oxygen atoms in total. The first-order valence-electron chi connectivity index (χ1n) is 8.95. The van der Waals surface area contributed by atoms with Gasteiger partial charge in [0.15, 0.2) is 0 Å². The fraction of sp³-hybridized carbons (Fsp3) is 0.526. The van der Waals surface area contributed by atoms with Crippen molar-refractivity contribution in [3.8, 4) is 0 Å². The molecule has 142 valence electrons. The van der Waals surface area contributed by atoms with Crippen LogP contribution in [0, 0.1) is 5.82 Å². The van der Waals surface area contributed by atoms with Gasteiger partial charge >= 0.3 is 6.03 Å². The van der Waals surface area contributed by atoms with Gasteiger partial charge in [0.25, 0.3) is 5.91 Å². The van der Waals surface area contributed by atoms with E-state index in [1.807, 2.05) is 13.8 Å². The van der Waals surface area contributed by atoms with E-state index >= 15 is 0 Å². The van der Waals surface area contributed by atoms with Gasteiger partial charge in [0.05, 0.1) is 0 Å². The molecule has 0 aromatic heterocycles. The minimum Gasteiger partial charge on any atom is -0.340 e. The van der Waals surface area contributed by atoms with Crippen LogP contribution in [0.1, 0.15) is 45.1 Å². The van der Waals surface area contributed by atoms with Crippen molar-refractivity contribution in [2.24, 2.45) is 0 Å². The number of hydrogen-bond donors (Lipinski definition) is 1. The van der Waals surface area contributed by atoms with Crippen LogP contribution in [0.5, 0.6) is 0 Å². The maximum atomic E-state index is 13.0. The highest BCUT2D eigenvalue weighted by atomic mass is 19.1. The highest BCUT2D eigenvalue weighted by Gasteiger charge is 2.50. The van der Waals surface area contributed by atoms with E-state index in [-0.39, 0.29) is 30.7 Å². The van der Waals surface area contributed by atoms with Crippen LogP contribution in [0.15, 0.2) is 24.3 Å². The summed E-state index contributed by atoms with van der Waals surface area (Å²) in [5.74, 6) is -1.01. The van der Waals surface area contributed by atoms with Crippen LogP contribution in [-0.2, 0) is 16.1 Å². The van der Waals surface area contributed by atoms with E-state index in [0.717, 1.165) is 23.3 Å². The molecule has 1 N–H and O–H groups in total. The van der Waals surface area contributed by atoms with Gasteiger partial charge in [0, 0.05) is 13.6 Å². The molecule has 1 heterocycles. The number of nitrogens with zero attached hydrogens (tertiary/aromatic N) is 2. The summed E-state index contributed by atoms with van der Waals surface area (Å²) in [5, 5.41) is 2.79. The van der Waals surface area contributed by atoms with Crippen molar-refractivity contribution in [3.05, 3.63) is 35.6 Å². The number of urea groups is 1. The van der Waals surface area contributed by atoms with Crippen LogP contribution in [0.3, 0.4) is 0 Å². The Morgan fingerprint density at radius 1 is 1.15 bits per heavy atom. The average molecular weight is 363 g/mol. The summed E-state index contributed by atoms with van der Waals surface area (Å²) in [6, 6.07) is 5.34. The predicted octanol–water partition coefficient (Wildman–Crippen LogP) is 2.67. The van der Waals surface area contributed by atoms with Gasteiger partial charge in [-0.15, -0.1) is 0 Å². The molecule has 0 radical (unpaired) electrons. The third-order valence-electron chi connectivity index (χ3n) is 4.65. The van der Waals surface area contributed by atoms with Crippen LogP contribution in [0.4, 0.5) is 9.18 Å². The second kappa shape index (κ2) is 8.29. The summed E-state index contributed by atoms with van der Waals surface area (Å²) in [6.07, 6.45) is 2.64. The van der Waals surface area contributed by atoms with E-state index in [9.17, 15) is 18.8 Å². The van der Waals surface area contributed by atoms with Gasteiger partial charge in [-0.1, -0.05) is 38.8 Å². The number of benzene rings is 1. The topological polar surface area (TPSA) is 69.7 Å². The van der Waals surface area contributed by atoms with Crippen LogP contribution in [-0.4, -0.2) is 46.8 Å². The fourth-order valence-corrected chi connectivity index (χ4v) is 3.35. The minimum absolute atomic E-state index is 0.276. The van der Waals surface area contributed by atoms with Gasteiger partial charge in [-0.25, -0.2) is 9.18 Å². The molecule has 7 heteroatoms. The van der Waals surface area contributed by atoms with Gasteiger partial charge in [0.2, 0.25) is 5.91 Å². The zero-order valence-corrected chi connectivity index (χ0v) is 15.5. The molecule has 4 amide bonds. The molecule has 1 saturated heterocycles. The molecule has 1 aromatic rings. The van der Waals surface area contributed by atoms with E-state index in [2.05, 4.69) is 5.32 Å². The number of amides is 4. The molecule has 0 bridgehead atoms. The number of halogens is 1. The zero-order chi connectivity index (χ0) is 19.3. The number of nitrogens with one attached hydrogen (secondary N) is 1. The zero-order valence-electron chi connectivity index (χ0n) is 15.5. The molecule has 0 saturated carbocycles. The number of hydrogen-bond acceptors (Lipinski definition) is 3. The number of carbonyl (C=O) groups excluding carboxylic acids is 3. The van der Waals surface area contributed by atoms with Gasteiger partial charge < -0.3 is 10.2 Å². The molecule has 0 unspecified atom stereocenters. The van der Waals surface area contributed by atoms with Crippen molar-refractivity contribution in [1.82, 2.24) is 15.1 Å². The molecule has 2 rings (SSSR count). The monoisotopic (exact) mass is 363 g/mol. The van der Waals surface area contributed by atoms with E-state index in [1.165, 1.54) is 17.0 Å². The standard InChI is InChI=1S/C19H26FN3O3/c1-4-10-19(11-5-2)17(25)23(18(26)21-19)13-16(24)22(3)12-14-6-8-15(20)9-7-14/h6-9H,4-5,10-13H2,1-3H3,(H,21,26). The van der Waals surface area contributed by atoms with Crippen LogP contribution in [0.2, 0.25) is 0 Å². The van der Waals surface area contributed by atoms with E-state index < -0.39 is 11.6 Å². The summed E-state index contributed by atoms with van der Waals surface area (Å²) >= 11 is 0. The second-order valence-corrected chi connectivity index (χ2v) is 6.78. The summed E-state index contributed by atoms with van der Waals surface area (Å²) in [7, 11) is 1.59. The minimum atomic E-state index is -0.892. The second-order valence-electron chi connectivity index (χ2n) is 6.78. The molecule has 1 fully saturated rings. The molecule has 0 atom stereocenters. The van der Waals surface area contributed by atoms with E-state index in [4.69, 9.17) is 0 Å². The summed E-state index contributed by atoms with van der Waals surface area (Å²) in [5.41, 5.74) is -0.123. The predicted molar refractivity (Wildman–Crippen MR) is 95.7 cm³/mol. The lowest BCUT2D eigenvalue weighted by Crippen LogP contribution is -2.47. The van der Waals surface area contributed by atoms with Gasteiger partial charge in [-0.3, -0.25) is 14.5 Å². The number of likely N-dealkylation sites (N-methyl/N-ethyl adjacent to an activating group) is 1. The molecule has 26 heavy (non-hydrogen) atoms. The maximum absolute atomic E-state index is 13.0. The van der Waals surface area contributed by atoms with Crippen LogP contribution < -0.4 is 5.32 Å². The van der Waals surface area contributed by atoms with Crippen molar-refractivity contribution in [1.29, 1.82) is 0 Å². The summed E-state index contributed by atoms with van der Waals surface area (Å²) in [4.78, 5) is 40.0. The first-order chi connectivity index (χ1) is 12.3. The Hall–Kier alpha value is -2.44. The lowest BCUT2D eigenvalue weighted by atomic mass is 9.88. The lowest BCUT2D eigenvalue weighted by Gasteiger charge is -2.26. The molecule has 1 aliphatic heterocycles. The van der Waals surface area contributed by atoms with Crippen molar-refractivity contribution in [3.63, 3.8) is 0 Å². The quantitative estimate of drug-likeness (QED) is 0.722. The van der Waals surface area contributed by atoms with Crippen molar-refractivity contribution in [2.75, 3.05) is 13.6 Å². The van der Waals surface area contributed by atoms with Gasteiger partial charge in [0.1, 0.15) is 17.9 Å². The molecule has 1 aromatic carbocycles. The molecular formula is C19H26FN3O3. The summed E-state index contributed by atoms with van der Waals surface area (Å²) in [6.45, 7) is 3.90. The highest BCUT2D eigenvalue weighted by Crippen LogP contribution is 2.28. The number of imide groups is 1. The Balaban J connectivity index is 2.04. The fourth-order valence-electron chi connectivity index (χ4n) is 3.35.